The summed E-state index contributed by atoms with van der Waals surface area (Å²) in [6.07, 6.45) is 1.24. The van der Waals surface area contributed by atoms with Crippen molar-refractivity contribution < 1.29 is 9.53 Å². The number of ether oxygens (including phenoxy) is 1. The van der Waals surface area contributed by atoms with Gasteiger partial charge >= 0.3 is 5.97 Å². The van der Waals surface area contributed by atoms with Gasteiger partial charge in [0.25, 0.3) is 0 Å². The van der Waals surface area contributed by atoms with E-state index in [1.807, 2.05) is 17.8 Å². The SMILES string of the molecule is CCOC(=O)c1cc(N)ccc1NCC1CCSC1. The minimum atomic E-state index is -0.321. The van der Waals surface area contributed by atoms with Crippen LogP contribution in [0.4, 0.5) is 11.4 Å². The van der Waals surface area contributed by atoms with Crippen LogP contribution < -0.4 is 11.1 Å². The molecular formula is C14H20N2O2S. The third kappa shape index (κ3) is 3.80. The monoisotopic (exact) mass is 280 g/mol. The Hall–Kier alpha value is -1.36. The number of carbonyl (C=O) groups excluding carboxylic acids is 1. The van der Waals surface area contributed by atoms with Crippen molar-refractivity contribution in [2.24, 2.45) is 5.92 Å². The molecule has 1 aromatic rings. The first-order valence-corrected chi connectivity index (χ1v) is 7.74. The van der Waals surface area contributed by atoms with Crippen molar-refractivity contribution in [3.05, 3.63) is 23.8 Å². The second kappa shape index (κ2) is 6.70. The van der Waals surface area contributed by atoms with Gasteiger partial charge in [-0.05, 0) is 49.0 Å². The second-order valence-corrected chi connectivity index (χ2v) is 5.79. The number of nitrogens with one attached hydrogen (secondary N) is 1. The van der Waals surface area contributed by atoms with E-state index in [0.29, 0.717) is 23.8 Å². The van der Waals surface area contributed by atoms with Crippen molar-refractivity contribution in [3.8, 4) is 0 Å². The molecule has 1 saturated heterocycles. The quantitative estimate of drug-likeness (QED) is 0.641. The second-order valence-electron chi connectivity index (χ2n) is 4.64. The van der Waals surface area contributed by atoms with Gasteiger partial charge < -0.3 is 15.8 Å². The lowest BCUT2D eigenvalue weighted by Crippen LogP contribution is -2.16. The summed E-state index contributed by atoms with van der Waals surface area (Å²) >= 11 is 1.99. The van der Waals surface area contributed by atoms with E-state index in [-0.39, 0.29) is 5.97 Å². The number of benzene rings is 1. The molecule has 1 unspecified atom stereocenters. The number of hydrogen-bond acceptors (Lipinski definition) is 5. The molecule has 19 heavy (non-hydrogen) atoms. The number of nitrogens with two attached hydrogens (primary N) is 1. The van der Waals surface area contributed by atoms with Crippen LogP contribution in [0, 0.1) is 5.92 Å². The third-order valence-electron chi connectivity index (χ3n) is 3.14. The molecular weight excluding hydrogens is 260 g/mol. The molecule has 0 aliphatic carbocycles. The Morgan fingerprint density at radius 3 is 3.11 bits per heavy atom. The zero-order valence-electron chi connectivity index (χ0n) is 11.1. The highest BCUT2D eigenvalue weighted by molar-refractivity contribution is 7.99. The fourth-order valence-corrected chi connectivity index (χ4v) is 3.38. The van der Waals surface area contributed by atoms with Crippen molar-refractivity contribution >= 4 is 29.1 Å². The van der Waals surface area contributed by atoms with Gasteiger partial charge in [0, 0.05) is 17.9 Å². The molecule has 1 atom stereocenters. The average molecular weight is 280 g/mol. The fraction of sp³-hybridized carbons (Fsp3) is 0.500. The lowest BCUT2D eigenvalue weighted by atomic mass is 10.1. The smallest absolute Gasteiger partial charge is 0.340 e. The van der Waals surface area contributed by atoms with Crippen LogP contribution in [-0.4, -0.2) is 30.6 Å². The minimum Gasteiger partial charge on any atom is -0.462 e. The van der Waals surface area contributed by atoms with Crippen LogP contribution in [0.25, 0.3) is 0 Å². The van der Waals surface area contributed by atoms with Crippen LogP contribution in [0.2, 0.25) is 0 Å². The molecule has 5 heteroatoms. The Kier molecular flexibility index (Phi) is 4.96. The summed E-state index contributed by atoms with van der Waals surface area (Å²) in [6, 6.07) is 5.32. The lowest BCUT2D eigenvalue weighted by Gasteiger charge is -2.14. The molecule has 1 aromatic carbocycles. The molecule has 1 aliphatic rings. The molecule has 0 bridgehead atoms. The van der Waals surface area contributed by atoms with E-state index < -0.39 is 0 Å². The number of anilines is 2. The Morgan fingerprint density at radius 1 is 1.58 bits per heavy atom. The molecule has 0 amide bonds. The van der Waals surface area contributed by atoms with Gasteiger partial charge in [0.05, 0.1) is 12.2 Å². The molecule has 1 fully saturated rings. The maximum absolute atomic E-state index is 11.9. The predicted octanol–water partition coefficient (Wildman–Crippen LogP) is 2.61. The minimum absolute atomic E-state index is 0.321. The Morgan fingerprint density at radius 2 is 2.42 bits per heavy atom. The first-order valence-electron chi connectivity index (χ1n) is 6.59. The number of carbonyl (C=O) groups is 1. The highest BCUT2D eigenvalue weighted by atomic mass is 32.2. The van der Waals surface area contributed by atoms with Gasteiger partial charge in [0.15, 0.2) is 0 Å². The zero-order chi connectivity index (χ0) is 13.7. The average Bonchev–Trinajstić information content (AvgIpc) is 2.90. The van der Waals surface area contributed by atoms with E-state index in [0.717, 1.165) is 12.2 Å². The first-order chi connectivity index (χ1) is 9.20. The van der Waals surface area contributed by atoms with E-state index in [9.17, 15) is 4.79 Å². The van der Waals surface area contributed by atoms with E-state index >= 15 is 0 Å². The summed E-state index contributed by atoms with van der Waals surface area (Å²) < 4.78 is 5.06. The van der Waals surface area contributed by atoms with Gasteiger partial charge in [-0.25, -0.2) is 4.79 Å². The maximum Gasteiger partial charge on any atom is 0.340 e. The number of nitrogen functional groups attached to an aromatic ring is 1. The predicted molar refractivity (Wildman–Crippen MR) is 80.7 cm³/mol. The molecule has 3 N–H and O–H groups in total. The maximum atomic E-state index is 11.9. The largest absolute Gasteiger partial charge is 0.462 e. The molecule has 2 rings (SSSR count). The first kappa shape index (κ1) is 14.1. The highest BCUT2D eigenvalue weighted by Gasteiger charge is 2.17. The van der Waals surface area contributed by atoms with Gasteiger partial charge in [-0.2, -0.15) is 11.8 Å². The van der Waals surface area contributed by atoms with Crippen molar-refractivity contribution in [3.63, 3.8) is 0 Å². The molecule has 0 spiro atoms. The molecule has 1 heterocycles. The number of hydrogen-bond donors (Lipinski definition) is 2. The van der Waals surface area contributed by atoms with E-state index in [2.05, 4.69) is 5.32 Å². The fourth-order valence-electron chi connectivity index (χ4n) is 2.09. The lowest BCUT2D eigenvalue weighted by molar-refractivity contribution is 0.0527. The summed E-state index contributed by atoms with van der Waals surface area (Å²) in [5, 5.41) is 3.35. The van der Waals surface area contributed by atoms with Crippen molar-refractivity contribution in [1.82, 2.24) is 0 Å². The van der Waals surface area contributed by atoms with Crippen LogP contribution in [0.5, 0.6) is 0 Å². The molecule has 104 valence electrons. The summed E-state index contributed by atoms with van der Waals surface area (Å²) in [7, 11) is 0. The van der Waals surface area contributed by atoms with E-state index in [4.69, 9.17) is 10.5 Å². The van der Waals surface area contributed by atoms with Crippen LogP contribution >= 0.6 is 11.8 Å². The Bertz CT molecular complexity index is 445. The Balaban J connectivity index is 2.07. The van der Waals surface area contributed by atoms with Crippen LogP contribution in [0.3, 0.4) is 0 Å². The van der Waals surface area contributed by atoms with Crippen LogP contribution in [0.1, 0.15) is 23.7 Å². The number of thioether (sulfide) groups is 1. The number of esters is 1. The van der Waals surface area contributed by atoms with Gasteiger partial charge in [0.1, 0.15) is 0 Å². The summed E-state index contributed by atoms with van der Waals surface area (Å²) in [6.45, 7) is 3.06. The third-order valence-corrected chi connectivity index (χ3v) is 4.38. The number of rotatable bonds is 5. The van der Waals surface area contributed by atoms with Crippen molar-refractivity contribution in [2.45, 2.75) is 13.3 Å². The standard InChI is InChI=1S/C14H20N2O2S/c1-2-18-14(17)12-7-11(15)3-4-13(12)16-8-10-5-6-19-9-10/h3-4,7,10,16H,2,5-6,8-9,15H2,1H3. The molecule has 0 radical (unpaired) electrons. The highest BCUT2D eigenvalue weighted by Crippen LogP contribution is 2.25. The summed E-state index contributed by atoms with van der Waals surface area (Å²) in [5.41, 5.74) is 7.65. The van der Waals surface area contributed by atoms with E-state index in [1.54, 1.807) is 19.1 Å². The van der Waals surface area contributed by atoms with Gasteiger partial charge in [0.2, 0.25) is 0 Å². The molecule has 0 aromatic heterocycles. The zero-order valence-corrected chi connectivity index (χ0v) is 12.0. The van der Waals surface area contributed by atoms with Gasteiger partial charge in [-0.1, -0.05) is 0 Å². The van der Waals surface area contributed by atoms with E-state index in [1.165, 1.54) is 17.9 Å². The summed E-state index contributed by atoms with van der Waals surface area (Å²) in [5.74, 6) is 2.78. The Labute approximate surface area is 118 Å². The van der Waals surface area contributed by atoms with Crippen molar-refractivity contribution in [2.75, 3.05) is 35.7 Å². The summed E-state index contributed by atoms with van der Waals surface area (Å²) in [4.78, 5) is 11.9. The van der Waals surface area contributed by atoms with Crippen molar-refractivity contribution in [1.29, 1.82) is 0 Å². The van der Waals surface area contributed by atoms with Gasteiger partial charge in [-0.3, -0.25) is 0 Å². The molecule has 1 aliphatic heterocycles. The van der Waals surface area contributed by atoms with Gasteiger partial charge in [-0.15, -0.1) is 0 Å². The van der Waals surface area contributed by atoms with Crippen LogP contribution in [0.15, 0.2) is 18.2 Å². The molecule has 0 saturated carbocycles. The molecule has 4 nitrogen and oxygen atoms in total. The topological polar surface area (TPSA) is 64.3 Å². The normalized spacial score (nSPS) is 18.3. The van der Waals surface area contributed by atoms with Crippen LogP contribution in [-0.2, 0) is 4.74 Å².